The molecule has 124 valence electrons. The van der Waals surface area contributed by atoms with Gasteiger partial charge in [-0.1, -0.05) is 0 Å². The number of nitrogens with one attached hydrogen (secondary N) is 4. The fourth-order valence-electron chi connectivity index (χ4n) is 2.41. The van der Waals surface area contributed by atoms with Gasteiger partial charge in [-0.3, -0.25) is 4.79 Å². The van der Waals surface area contributed by atoms with Gasteiger partial charge in [0.05, 0.1) is 7.11 Å². The number of aromatic amines is 1. The number of urea groups is 1. The van der Waals surface area contributed by atoms with Crippen LogP contribution in [-0.2, 0) is 6.42 Å². The summed E-state index contributed by atoms with van der Waals surface area (Å²) in [7, 11) is 4.38. The van der Waals surface area contributed by atoms with E-state index in [-0.39, 0.29) is 29.9 Å². The Labute approximate surface area is 132 Å². The van der Waals surface area contributed by atoms with Crippen molar-refractivity contribution in [1.82, 2.24) is 20.9 Å². The number of halogens is 1. The lowest BCUT2D eigenvalue weighted by Gasteiger charge is -2.07. The number of carbonyl (C=O) groups is 2. The molecular formula is C15H19FN4O3. The van der Waals surface area contributed by atoms with E-state index < -0.39 is 5.82 Å². The van der Waals surface area contributed by atoms with Gasteiger partial charge >= 0.3 is 6.03 Å². The van der Waals surface area contributed by atoms with Gasteiger partial charge in [0.2, 0.25) is 0 Å². The van der Waals surface area contributed by atoms with E-state index in [9.17, 15) is 14.0 Å². The van der Waals surface area contributed by atoms with E-state index in [1.54, 1.807) is 6.07 Å². The van der Waals surface area contributed by atoms with Gasteiger partial charge in [-0.05, 0) is 24.1 Å². The van der Waals surface area contributed by atoms with Crippen molar-refractivity contribution in [2.75, 3.05) is 27.7 Å². The van der Waals surface area contributed by atoms with Crippen molar-refractivity contribution < 1.29 is 18.7 Å². The average Bonchev–Trinajstić information content (AvgIpc) is 2.93. The molecule has 1 aromatic heterocycles. The average molecular weight is 322 g/mol. The minimum Gasteiger partial charge on any atom is -0.494 e. The molecule has 2 aromatic rings. The monoisotopic (exact) mass is 322 g/mol. The summed E-state index contributed by atoms with van der Waals surface area (Å²) in [5, 5.41) is 7.86. The first kappa shape index (κ1) is 16.6. The van der Waals surface area contributed by atoms with E-state index in [4.69, 9.17) is 4.74 Å². The fraction of sp³-hybridized carbons (Fsp3) is 0.333. The first-order valence-corrected chi connectivity index (χ1v) is 7.08. The van der Waals surface area contributed by atoms with E-state index in [2.05, 4.69) is 20.9 Å². The van der Waals surface area contributed by atoms with Crippen LogP contribution in [0, 0.1) is 5.82 Å². The van der Waals surface area contributed by atoms with E-state index in [1.165, 1.54) is 27.3 Å². The Morgan fingerprint density at radius 1 is 1.26 bits per heavy atom. The van der Waals surface area contributed by atoms with Gasteiger partial charge in [-0.15, -0.1) is 0 Å². The van der Waals surface area contributed by atoms with Crippen molar-refractivity contribution in [3.05, 3.63) is 29.2 Å². The number of benzene rings is 1. The van der Waals surface area contributed by atoms with Gasteiger partial charge in [0.25, 0.3) is 5.91 Å². The van der Waals surface area contributed by atoms with Crippen LogP contribution in [0.4, 0.5) is 9.18 Å². The zero-order valence-electron chi connectivity index (χ0n) is 13.2. The summed E-state index contributed by atoms with van der Waals surface area (Å²) in [6, 6.07) is 2.80. The SMILES string of the molecule is CNC(=O)NCCc1c(C(=O)NC)[nH]c2ccc(OC)c(F)c12. The molecule has 0 bridgehead atoms. The van der Waals surface area contributed by atoms with Crippen molar-refractivity contribution in [2.45, 2.75) is 6.42 Å². The van der Waals surface area contributed by atoms with Crippen LogP contribution >= 0.6 is 0 Å². The number of fused-ring (bicyclic) bond motifs is 1. The van der Waals surface area contributed by atoms with Crippen molar-refractivity contribution >= 4 is 22.8 Å². The maximum atomic E-state index is 14.6. The standard InChI is InChI=1S/C15H19FN4O3/c1-17-14(21)13-8(6-7-19-15(22)18-2)11-9(20-13)4-5-10(23-3)12(11)16/h4-5,20H,6-7H2,1-3H3,(H,17,21)(H2,18,19,22). The normalized spacial score (nSPS) is 10.4. The molecule has 0 fully saturated rings. The first-order valence-electron chi connectivity index (χ1n) is 7.08. The van der Waals surface area contributed by atoms with Gasteiger partial charge in [0.1, 0.15) is 5.69 Å². The zero-order valence-corrected chi connectivity index (χ0v) is 13.2. The summed E-state index contributed by atoms with van der Waals surface area (Å²) >= 11 is 0. The van der Waals surface area contributed by atoms with Crippen molar-refractivity contribution in [3.63, 3.8) is 0 Å². The van der Waals surface area contributed by atoms with Gasteiger partial charge in [0, 0.05) is 31.5 Å². The molecule has 0 aliphatic rings. The lowest BCUT2D eigenvalue weighted by molar-refractivity contribution is 0.0958. The van der Waals surface area contributed by atoms with Gasteiger partial charge < -0.3 is 25.7 Å². The van der Waals surface area contributed by atoms with E-state index in [0.717, 1.165) is 0 Å². The van der Waals surface area contributed by atoms with Crippen LogP contribution in [0.3, 0.4) is 0 Å². The number of rotatable bonds is 5. The van der Waals surface area contributed by atoms with Crippen molar-refractivity contribution in [1.29, 1.82) is 0 Å². The second-order valence-corrected chi connectivity index (χ2v) is 4.82. The molecule has 1 aromatic carbocycles. The summed E-state index contributed by atoms with van der Waals surface area (Å²) < 4.78 is 19.6. The Hall–Kier alpha value is -2.77. The lowest BCUT2D eigenvalue weighted by atomic mass is 10.1. The number of hydrogen-bond donors (Lipinski definition) is 4. The van der Waals surface area contributed by atoms with Crippen LogP contribution in [0.25, 0.3) is 10.9 Å². The van der Waals surface area contributed by atoms with Crippen LogP contribution < -0.4 is 20.7 Å². The topological polar surface area (TPSA) is 95.3 Å². The quantitative estimate of drug-likeness (QED) is 0.665. The molecule has 0 saturated heterocycles. The Balaban J connectivity index is 2.47. The van der Waals surface area contributed by atoms with Gasteiger partial charge in [0.15, 0.2) is 11.6 Å². The minimum atomic E-state index is -0.536. The molecule has 0 aliphatic heterocycles. The highest BCUT2D eigenvalue weighted by molar-refractivity contribution is 6.01. The van der Waals surface area contributed by atoms with Crippen LogP contribution in [0.15, 0.2) is 12.1 Å². The molecule has 3 amide bonds. The van der Waals surface area contributed by atoms with E-state index in [0.29, 0.717) is 22.9 Å². The number of methoxy groups -OCH3 is 1. The maximum Gasteiger partial charge on any atom is 0.314 e. The number of aromatic nitrogens is 1. The molecule has 4 N–H and O–H groups in total. The highest BCUT2D eigenvalue weighted by Crippen LogP contribution is 2.31. The van der Waals surface area contributed by atoms with Gasteiger partial charge in [-0.25, -0.2) is 9.18 Å². The predicted molar refractivity (Wildman–Crippen MR) is 84.4 cm³/mol. The summed E-state index contributed by atoms with van der Waals surface area (Å²) in [4.78, 5) is 26.2. The third-order valence-electron chi connectivity index (χ3n) is 3.53. The molecule has 0 saturated carbocycles. The van der Waals surface area contributed by atoms with Crippen LogP contribution in [0.1, 0.15) is 16.1 Å². The molecule has 2 rings (SSSR count). The summed E-state index contributed by atoms with van der Waals surface area (Å²) in [5.74, 6) is -0.790. The fourth-order valence-corrected chi connectivity index (χ4v) is 2.41. The van der Waals surface area contributed by atoms with Gasteiger partial charge in [-0.2, -0.15) is 0 Å². The highest BCUT2D eigenvalue weighted by Gasteiger charge is 2.21. The summed E-state index contributed by atoms with van der Waals surface area (Å²) in [6.07, 6.45) is 0.292. The minimum absolute atomic E-state index is 0.0977. The molecule has 0 radical (unpaired) electrons. The maximum absolute atomic E-state index is 14.6. The Morgan fingerprint density at radius 3 is 2.61 bits per heavy atom. The Morgan fingerprint density at radius 2 is 2.00 bits per heavy atom. The third-order valence-corrected chi connectivity index (χ3v) is 3.53. The molecule has 23 heavy (non-hydrogen) atoms. The second-order valence-electron chi connectivity index (χ2n) is 4.82. The molecule has 0 spiro atoms. The van der Waals surface area contributed by atoms with E-state index in [1.807, 2.05) is 0 Å². The third kappa shape index (κ3) is 3.20. The van der Waals surface area contributed by atoms with Crippen molar-refractivity contribution in [2.24, 2.45) is 0 Å². The molecule has 0 aliphatic carbocycles. The number of amides is 3. The van der Waals surface area contributed by atoms with Crippen molar-refractivity contribution in [3.8, 4) is 5.75 Å². The molecule has 1 heterocycles. The first-order chi connectivity index (χ1) is 11.0. The summed E-state index contributed by atoms with van der Waals surface area (Å²) in [6.45, 7) is 0.257. The zero-order chi connectivity index (χ0) is 17.0. The van der Waals surface area contributed by atoms with Crippen LogP contribution in [0.5, 0.6) is 5.75 Å². The van der Waals surface area contributed by atoms with Crippen LogP contribution in [-0.4, -0.2) is 44.7 Å². The van der Waals surface area contributed by atoms with E-state index >= 15 is 0 Å². The number of H-pyrrole nitrogens is 1. The largest absolute Gasteiger partial charge is 0.494 e. The number of carbonyl (C=O) groups excluding carboxylic acids is 2. The Bertz CT molecular complexity index is 742. The molecule has 7 nitrogen and oxygen atoms in total. The Kier molecular flexibility index (Phi) is 5.05. The molecule has 0 unspecified atom stereocenters. The second kappa shape index (κ2) is 6.99. The van der Waals surface area contributed by atoms with Crippen LogP contribution in [0.2, 0.25) is 0 Å². The smallest absolute Gasteiger partial charge is 0.314 e. The summed E-state index contributed by atoms with van der Waals surface area (Å²) in [5.41, 5.74) is 1.26. The highest BCUT2D eigenvalue weighted by atomic mass is 19.1. The molecule has 8 heteroatoms. The predicted octanol–water partition coefficient (Wildman–Crippen LogP) is 1.15. The molecular weight excluding hydrogens is 303 g/mol. The molecule has 0 atom stereocenters. The number of hydrogen-bond acceptors (Lipinski definition) is 3. The lowest BCUT2D eigenvalue weighted by Crippen LogP contribution is -2.34. The number of ether oxygens (including phenoxy) is 1.